The number of carbonyl (C=O) groups excluding carboxylic acids is 1. The fourth-order valence-corrected chi connectivity index (χ4v) is 1.97. The first-order chi connectivity index (χ1) is 8.99. The monoisotopic (exact) mass is 315 g/mol. The highest BCUT2D eigenvalue weighted by Gasteiger charge is 2.11. The molecule has 1 amide bonds. The predicted molar refractivity (Wildman–Crippen MR) is 77.5 cm³/mol. The highest BCUT2D eigenvalue weighted by atomic mass is 35.5. The molecule has 0 aliphatic carbocycles. The Morgan fingerprint density at radius 1 is 1.05 bits per heavy atom. The minimum absolute atomic E-state index is 0.0843. The molecular formula is C13H8Cl3NO2. The number of anilines is 1. The van der Waals surface area contributed by atoms with Gasteiger partial charge in [-0.25, -0.2) is 0 Å². The summed E-state index contributed by atoms with van der Waals surface area (Å²) in [5.74, 6) is -0.481. The van der Waals surface area contributed by atoms with Gasteiger partial charge in [0.05, 0.1) is 20.8 Å². The largest absolute Gasteiger partial charge is 0.506 e. The summed E-state index contributed by atoms with van der Waals surface area (Å²) in [6.45, 7) is 0. The number of nitrogens with one attached hydrogen (secondary N) is 1. The SMILES string of the molecule is O=C(Nc1cccc(Cl)c1Cl)c1ccc(O)c(Cl)c1. The van der Waals surface area contributed by atoms with E-state index in [9.17, 15) is 9.90 Å². The quantitative estimate of drug-likeness (QED) is 0.850. The van der Waals surface area contributed by atoms with E-state index in [1.54, 1.807) is 18.2 Å². The number of hydrogen-bond donors (Lipinski definition) is 2. The lowest BCUT2D eigenvalue weighted by atomic mass is 10.2. The van der Waals surface area contributed by atoms with Crippen LogP contribution < -0.4 is 5.32 Å². The lowest BCUT2D eigenvalue weighted by molar-refractivity contribution is 0.102. The smallest absolute Gasteiger partial charge is 0.255 e. The summed E-state index contributed by atoms with van der Waals surface area (Å²) in [6.07, 6.45) is 0. The van der Waals surface area contributed by atoms with Crippen LogP contribution in [-0.4, -0.2) is 11.0 Å². The van der Waals surface area contributed by atoms with Crippen LogP contribution in [0.2, 0.25) is 15.1 Å². The third-order valence-electron chi connectivity index (χ3n) is 2.41. The summed E-state index contributed by atoms with van der Waals surface area (Å²) < 4.78 is 0. The Balaban J connectivity index is 2.26. The number of benzene rings is 2. The van der Waals surface area contributed by atoms with E-state index < -0.39 is 5.91 Å². The van der Waals surface area contributed by atoms with Crippen LogP contribution in [0.1, 0.15) is 10.4 Å². The average molecular weight is 317 g/mol. The van der Waals surface area contributed by atoms with Gasteiger partial charge in [-0.2, -0.15) is 0 Å². The number of halogens is 3. The van der Waals surface area contributed by atoms with Crippen molar-refractivity contribution >= 4 is 46.4 Å². The number of carbonyl (C=O) groups is 1. The van der Waals surface area contributed by atoms with Gasteiger partial charge in [0.1, 0.15) is 5.75 Å². The van der Waals surface area contributed by atoms with Crippen LogP contribution in [0, 0.1) is 0 Å². The molecule has 0 atom stereocenters. The summed E-state index contributed by atoms with van der Waals surface area (Å²) in [5.41, 5.74) is 0.710. The zero-order valence-electron chi connectivity index (χ0n) is 9.45. The van der Waals surface area contributed by atoms with Gasteiger partial charge in [-0.3, -0.25) is 4.79 Å². The molecule has 0 spiro atoms. The van der Waals surface area contributed by atoms with Crippen LogP contribution in [0.4, 0.5) is 5.69 Å². The molecule has 0 fully saturated rings. The maximum Gasteiger partial charge on any atom is 0.255 e. The van der Waals surface area contributed by atoms with Crippen molar-refractivity contribution in [2.75, 3.05) is 5.32 Å². The minimum atomic E-state index is -0.397. The van der Waals surface area contributed by atoms with E-state index in [0.29, 0.717) is 16.3 Å². The number of phenols is 1. The van der Waals surface area contributed by atoms with Crippen molar-refractivity contribution in [3.8, 4) is 5.75 Å². The Morgan fingerprint density at radius 3 is 2.47 bits per heavy atom. The molecule has 0 aliphatic heterocycles. The molecule has 2 N–H and O–H groups in total. The number of amides is 1. The number of aromatic hydroxyl groups is 1. The second-order valence-electron chi connectivity index (χ2n) is 3.72. The summed E-state index contributed by atoms with van der Waals surface area (Å²) in [5, 5.41) is 12.6. The van der Waals surface area contributed by atoms with Gasteiger partial charge in [-0.15, -0.1) is 0 Å². The van der Waals surface area contributed by atoms with Crippen LogP contribution >= 0.6 is 34.8 Å². The van der Waals surface area contributed by atoms with E-state index in [2.05, 4.69) is 5.32 Å². The Kier molecular flexibility index (Phi) is 4.20. The summed E-state index contributed by atoms with van der Waals surface area (Å²) in [7, 11) is 0. The molecule has 2 aromatic rings. The maximum atomic E-state index is 12.0. The van der Waals surface area contributed by atoms with Crippen molar-refractivity contribution in [3.63, 3.8) is 0 Å². The third-order valence-corrected chi connectivity index (χ3v) is 3.53. The molecule has 0 saturated heterocycles. The summed E-state index contributed by atoms with van der Waals surface area (Å²) in [6, 6.07) is 9.09. The molecule has 0 radical (unpaired) electrons. The molecule has 0 unspecified atom stereocenters. The molecule has 0 aromatic heterocycles. The van der Waals surface area contributed by atoms with Crippen LogP contribution in [0.25, 0.3) is 0 Å². The average Bonchev–Trinajstić information content (AvgIpc) is 2.38. The van der Waals surface area contributed by atoms with Crippen LogP contribution in [0.3, 0.4) is 0 Å². The van der Waals surface area contributed by atoms with Crippen molar-refractivity contribution in [1.82, 2.24) is 0 Å². The first kappa shape index (κ1) is 14.0. The molecule has 0 heterocycles. The lowest BCUT2D eigenvalue weighted by Gasteiger charge is -2.08. The zero-order chi connectivity index (χ0) is 14.0. The normalized spacial score (nSPS) is 10.3. The van der Waals surface area contributed by atoms with E-state index in [4.69, 9.17) is 34.8 Å². The predicted octanol–water partition coefficient (Wildman–Crippen LogP) is 4.60. The second-order valence-corrected chi connectivity index (χ2v) is 4.91. The van der Waals surface area contributed by atoms with Crippen molar-refractivity contribution in [3.05, 3.63) is 57.0 Å². The molecular weight excluding hydrogens is 309 g/mol. The van der Waals surface area contributed by atoms with Gasteiger partial charge >= 0.3 is 0 Å². The highest BCUT2D eigenvalue weighted by Crippen LogP contribution is 2.30. The van der Waals surface area contributed by atoms with E-state index in [1.165, 1.54) is 18.2 Å². The molecule has 19 heavy (non-hydrogen) atoms. The minimum Gasteiger partial charge on any atom is -0.506 e. The van der Waals surface area contributed by atoms with Gasteiger partial charge in [0.2, 0.25) is 0 Å². The molecule has 98 valence electrons. The number of hydrogen-bond acceptors (Lipinski definition) is 2. The Bertz CT molecular complexity index is 644. The van der Waals surface area contributed by atoms with E-state index in [-0.39, 0.29) is 15.8 Å². The van der Waals surface area contributed by atoms with Crippen LogP contribution in [-0.2, 0) is 0 Å². The Morgan fingerprint density at radius 2 is 1.79 bits per heavy atom. The molecule has 3 nitrogen and oxygen atoms in total. The fourth-order valence-electron chi connectivity index (χ4n) is 1.44. The van der Waals surface area contributed by atoms with Crippen molar-refractivity contribution in [1.29, 1.82) is 0 Å². The van der Waals surface area contributed by atoms with E-state index >= 15 is 0 Å². The number of rotatable bonds is 2. The van der Waals surface area contributed by atoms with Gasteiger partial charge in [-0.05, 0) is 30.3 Å². The van der Waals surface area contributed by atoms with Gasteiger partial charge in [0, 0.05) is 5.56 Å². The zero-order valence-corrected chi connectivity index (χ0v) is 11.7. The molecule has 2 aromatic carbocycles. The van der Waals surface area contributed by atoms with Gasteiger partial charge in [-0.1, -0.05) is 40.9 Å². The number of phenolic OH excluding ortho intramolecular Hbond substituents is 1. The standard InChI is InChI=1S/C13H8Cl3NO2/c14-8-2-1-3-10(12(8)16)17-13(19)7-4-5-11(18)9(15)6-7/h1-6,18H,(H,17,19). The van der Waals surface area contributed by atoms with E-state index in [0.717, 1.165) is 0 Å². The first-order valence-electron chi connectivity index (χ1n) is 5.23. The Hall–Kier alpha value is -1.42. The molecule has 0 bridgehead atoms. The fraction of sp³-hybridized carbons (Fsp3) is 0. The van der Waals surface area contributed by atoms with Crippen molar-refractivity contribution in [2.45, 2.75) is 0 Å². The molecule has 0 aliphatic rings. The van der Waals surface area contributed by atoms with Crippen molar-refractivity contribution < 1.29 is 9.90 Å². The van der Waals surface area contributed by atoms with Gasteiger partial charge in [0.25, 0.3) is 5.91 Å². The second kappa shape index (κ2) is 5.70. The van der Waals surface area contributed by atoms with Crippen LogP contribution in [0.5, 0.6) is 5.75 Å². The topological polar surface area (TPSA) is 49.3 Å². The molecule has 6 heteroatoms. The van der Waals surface area contributed by atoms with Crippen molar-refractivity contribution in [2.24, 2.45) is 0 Å². The Labute approximate surface area is 124 Å². The summed E-state index contributed by atoms with van der Waals surface area (Å²) in [4.78, 5) is 12.0. The van der Waals surface area contributed by atoms with Gasteiger partial charge < -0.3 is 10.4 Å². The molecule has 2 rings (SSSR count). The lowest BCUT2D eigenvalue weighted by Crippen LogP contribution is -2.12. The van der Waals surface area contributed by atoms with Gasteiger partial charge in [0.15, 0.2) is 0 Å². The van der Waals surface area contributed by atoms with Crippen LogP contribution in [0.15, 0.2) is 36.4 Å². The summed E-state index contributed by atoms with van der Waals surface area (Å²) >= 11 is 17.6. The maximum absolute atomic E-state index is 12.0. The highest BCUT2D eigenvalue weighted by molar-refractivity contribution is 6.44. The third kappa shape index (κ3) is 3.13. The first-order valence-corrected chi connectivity index (χ1v) is 6.36. The van der Waals surface area contributed by atoms with E-state index in [1.807, 2.05) is 0 Å². The molecule has 0 saturated carbocycles.